The molecule has 1 rings (SSSR count). The Kier molecular flexibility index (Phi) is 6.12. The molecule has 0 bridgehead atoms. The van der Waals surface area contributed by atoms with Crippen LogP contribution in [0.1, 0.15) is 37.4 Å². The highest BCUT2D eigenvalue weighted by Crippen LogP contribution is 2.14. The highest BCUT2D eigenvalue weighted by molar-refractivity contribution is 5.24. The minimum absolute atomic E-state index is 0.317. The van der Waals surface area contributed by atoms with Crippen molar-refractivity contribution in [3.8, 4) is 0 Å². The summed E-state index contributed by atoms with van der Waals surface area (Å²) in [4.78, 5) is 0. The quantitative estimate of drug-likeness (QED) is 0.714. The van der Waals surface area contributed by atoms with Crippen LogP contribution in [0.2, 0.25) is 0 Å². The summed E-state index contributed by atoms with van der Waals surface area (Å²) in [6, 6.07) is 8.98. The van der Waals surface area contributed by atoms with Crippen LogP contribution >= 0.6 is 0 Å². The Morgan fingerprint density at radius 2 is 1.88 bits per heavy atom. The zero-order valence-corrected chi connectivity index (χ0v) is 10.6. The monoisotopic (exact) mass is 221 g/mol. The van der Waals surface area contributed by atoms with Gasteiger partial charge in [-0.3, -0.25) is 0 Å². The van der Waals surface area contributed by atoms with Gasteiger partial charge in [-0.2, -0.15) is 0 Å². The lowest BCUT2D eigenvalue weighted by Gasteiger charge is -2.18. The predicted molar refractivity (Wildman–Crippen MR) is 68.7 cm³/mol. The minimum atomic E-state index is 0.317. The summed E-state index contributed by atoms with van der Waals surface area (Å²) >= 11 is 0. The summed E-state index contributed by atoms with van der Waals surface area (Å²) in [5, 5.41) is 3.45. The highest BCUT2D eigenvalue weighted by atomic mass is 16.5. The van der Waals surface area contributed by atoms with Crippen LogP contribution in [0.4, 0.5) is 0 Å². The summed E-state index contributed by atoms with van der Waals surface area (Å²) < 4.78 is 5.62. The molecule has 0 radical (unpaired) electrons. The van der Waals surface area contributed by atoms with Gasteiger partial charge in [0.25, 0.3) is 0 Å². The van der Waals surface area contributed by atoms with Crippen molar-refractivity contribution in [1.82, 2.24) is 5.32 Å². The Morgan fingerprint density at radius 3 is 2.44 bits per heavy atom. The van der Waals surface area contributed by atoms with Crippen molar-refractivity contribution in [2.24, 2.45) is 0 Å². The molecule has 0 saturated heterocycles. The Bertz CT molecular complexity index is 281. The molecule has 0 aromatic heterocycles. The van der Waals surface area contributed by atoms with Gasteiger partial charge in [-0.1, -0.05) is 43.7 Å². The van der Waals surface area contributed by atoms with Gasteiger partial charge in [0.2, 0.25) is 0 Å². The van der Waals surface area contributed by atoms with E-state index in [2.05, 4.69) is 50.4 Å². The fourth-order valence-corrected chi connectivity index (χ4v) is 1.66. The number of hydrogen-bond acceptors (Lipinski definition) is 2. The van der Waals surface area contributed by atoms with E-state index < -0.39 is 0 Å². The molecule has 0 spiro atoms. The molecule has 2 nitrogen and oxygen atoms in total. The molecule has 1 N–H and O–H groups in total. The van der Waals surface area contributed by atoms with Gasteiger partial charge < -0.3 is 10.1 Å². The van der Waals surface area contributed by atoms with Crippen LogP contribution < -0.4 is 5.32 Å². The van der Waals surface area contributed by atoms with Gasteiger partial charge in [0, 0.05) is 6.61 Å². The molecule has 0 aliphatic heterocycles. The molecule has 2 heteroatoms. The zero-order chi connectivity index (χ0) is 11.8. The van der Waals surface area contributed by atoms with E-state index in [1.807, 2.05) is 0 Å². The van der Waals surface area contributed by atoms with Crippen LogP contribution in [0, 0.1) is 6.92 Å². The Hall–Kier alpha value is -0.860. The second-order valence-corrected chi connectivity index (χ2v) is 4.10. The average molecular weight is 221 g/mol. The number of rotatable bonds is 7. The van der Waals surface area contributed by atoms with E-state index in [-0.39, 0.29) is 0 Å². The molecule has 0 fully saturated rings. The topological polar surface area (TPSA) is 21.3 Å². The van der Waals surface area contributed by atoms with Gasteiger partial charge in [-0.05, 0) is 25.5 Å². The lowest BCUT2D eigenvalue weighted by molar-refractivity contribution is 0.112. The first-order chi connectivity index (χ1) is 7.77. The molecular weight excluding hydrogens is 198 g/mol. The van der Waals surface area contributed by atoms with Crippen LogP contribution in [-0.2, 0) is 4.74 Å². The lowest BCUT2D eigenvalue weighted by atomic mass is 10.1. The minimum Gasteiger partial charge on any atom is -0.379 e. The third-order valence-corrected chi connectivity index (χ3v) is 2.56. The van der Waals surface area contributed by atoms with Gasteiger partial charge in [0.15, 0.2) is 0 Å². The van der Waals surface area contributed by atoms with Crippen molar-refractivity contribution in [2.75, 3.05) is 19.8 Å². The molecule has 90 valence electrons. The summed E-state index contributed by atoms with van der Waals surface area (Å²) in [5.74, 6) is 0. The van der Waals surface area contributed by atoms with E-state index in [9.17, 15) is 0 Å². The maximum absolute atomic E-state index is 5.62. The van der Waals surface area contributed by atoms with Crippen LogP contribution in [0.25, 0.3) is 0 Å². The van der Waals surface area contributed by atoms with Crippen LogP contribution in [0.5, 0.6) is 0 Å². The van der Waals surface area contributed by atoms with Crippen molar-refractivity contribution in [3.05, 3.63) is 35.4 Å². The van der Waals surface area contributed by atoms with E-state index >= 15 is 0 Å². The maximum atomic E-state index is 5.62. The van der Waals surface area contributed by atoms with Crippen LogP contribution in [0.3, 0.4) is 0 Å². The van der Waals surface area contributed by atoms with Gasteiger partial charge in [-0.15, -0.1) is 0 Å². The number of hydrogen-bond donors (Lipinski definition) is 1. The number of aryl methyl sites for hydroxylation is 1. The first-order valence-corrected chi connectivity index (χ1v) is 6.15. The average Bonchev–Trinajstić information content (AvgIpc) is 2.29. The van der Waals surface area contributed by atoms with Crippen LogP contribution in [0.15, 0.2) is 24.3 Å². The molecule has 0 amide bonds. The second-order valence-electron chi connectivity index (χ2n) is 4.10. The Balaban J connectivity index is 2.57. The number of likely N-dealkylation sites (N-methyl/N-ethyl adjacent to an activating group) is 1. The molecule has 1 atom stereocenters. The largest absolute Gasteiger partial charge is 0.379 e. The molecular formula is C14H23NO. The van der Waals surface area contributed by atoms with Gasteiger partial charge in [0.1, 0.15) is 0 Å². The van der Waals surface area contributed by atoms with Crippen molar-refractivity contribution in [1.29, 1.82) is 0 Å². The van der Waals surface area contributed by atoms with E-state index in [0.29, 0.717) is 6.04 Å². The fraction of sp³-hybridized carbons (Fsp3) is 0.571. The third-order valence-electron chi connectivity index (χ3n) is 2.56. The molecule has 0 aliphatic carbocycles. The van der Waals surface area contributed by atoms with Crippen molar-refractivity contribution in [3.63, 3.8) is 0 Å². The molecule has 0 aliphatic rings. The second kappa shape index (κ2) is 7.42. The number of ether oxygens (including phenoxy) is 1. The smallest absolute Gasteiger partial charge is 0.0661 e. The lowest BCUT2D eigenvalue weighted by Crippen LogP contribution is -2.25. The van der Waals surface area contributed by atoms with E-state index in [4.69, 9.17) is 4.74 Å². The summed E-state index contributed by atoms with van der Waals surface area (Å²) in [7, 11) is 0. The molecule has 1 aromatic carbocycles. The molecule has 0 saturated carbocycles. The van der Waals surface area contributed by atoms with Crippen molar-refractivity contribution >= 4 is 0 Å². The molecule has 1 unspecified atom stereocenters. The zero-order valence-electron chi connectivity index (χ0n) is 10.6. The fourth-order valence-electron chi connectivity index (χ4n) is 1.66. The Labute approximate surface area is 99.0 Å². The predicted octanol–water partition coefficient (Wildman–Crippen LogP) is 3.07. The van der Waals surface area contributed by atoms with Gasteiger partial charge >= 0.3 is 0 Å². The first kappa shape index (κ1) is 13.2. The number of benzene rings is 1. The maximum Gasteiger partial charge on any atom is 0.0661 e. The third kappa shape index (κ3) is 4.33. The van der Waals surface area contributed by atoms with Crippen molar-refractivity contribution in [2.45, 2.75) is 33.2 Å². The Morgan fingerprint density at radius 1 is 1.19 bits per heavy atom. The summed E-state index contributed by atoms with van der Waals surface area (Å²) in [6.07, 6.45) is 1.08. The van der Waals surface area contributed by atoms with Gasteiger partial charge in [0.05, 0.1) is 12.6 Å². The first-order valence-electron chi connectivity index (χ1n) is 6.15. The van der Waals surface area contributed by atoms with E-state index in [1.54, 1.807) is 0 Å². The molecule has 1 aromatic rings. The van der Waals surface area contributed by atoms with Gasteiger partial charge in [-0.25, -0.2) is 0 Å². The molecule has 16 heavy (non-hydrogen) atoms. The summed E-state index contributed by atoms with van der Waals surface area (Å²) in [5.41, 5.74) is 2.61. The standard InChI is InChI=1S/C14H23NO/c1-4-10-16-11-14(15-5-2)13-8-6-12(3)7-9-13/h6-9,14-15H,4-5,10-11H2,1-3H3. The van der Waals surface area contributed by atoms with E-state index in [0.717, 1.165) is 26.2 Å². The van der Waals surface area contributed by atoms with E-state index in [1.165, 1.54) is 11.1 Å². The highest BCUT2D eigenvalue weighted by Gasteiger charge is 2.09. The molecule has 0 heterocycles. The number of nitrogens with one attached hydrogen (secondary N) is 1. The SMILES string of the molecule is CCCOCC(NCC)c1ccc(C)cc1. The van der Waals surface area contributed by atoms with Crippen LogP contribution in [-0.4, -0.2) is 19.8 Å². The summed E-state index contributed by atoms with van der Waals surface area (Å²) in [6.45, 7) is 8.93. The van der Waals surface area contributed by atoms with Crippen molar-refractivity contribution < 1.29 is 4.74 Å². The normalized spacial score (nSPS) is 12.7.